The van der Waals surface area contributed by atoms with Crippen molar-refractivity contribution in [3.8, 4) is 0 Å². The van der Waals surface area contributed by atoms with E-state index in [1.54, 1.807) is 23.2 Å². The highest BCUT2D eigenvalue weighted by molar-refractivity contribution is 8.19. The molecule has 1 amide bonds. The number of aliphatic imine (C=N–C) groups is 1. The number of pyridine rings is 1. The van der Waals surface area contributed by atoms with Crippen molar-refractivity contribution < 1.29 is 4.79 Å². The molecule has 1 aliphatic rings. The second-order valence-electron chi connectivity index (χ2n) is 6.25. The van der Waals surface area contributed by atoms with Crippen molar-refractivity contribution in [1.82, 2.24) is 4.98 Å². The average molecular weight is 452 g/mol. The Balaban J connectivity index is 1.73. The normalized spacial score (nSPS) is 17.2. The number of carbonyl (C=O) groups excluding carboxylic acids is 1. The minimum absolute atomic E-state index is 0.199. The summed E-state index contributed by atoms with van der Waals surface area (Å²) in [6.07, 6.45) is 6.60. The zero-order chi connectivity index (χ0) is 20.9. The summed E-state index contributed by atoms with van der Waals surface area (Å²) in [6.45, 7) is 0. The van der Waals surface area contributed by atoms with Gasteiger partial charge in [0, 0.05) is 17.4 Å². The number of hydrogen-bond acceptors (Lipinski definition) is 4. The van der Waals surface area contributed by atoms with Gasteiger partial charge in [-0.25, -0.2) is 4.99 Å². The molecule has 0 N–H and O–H groups in total. The molecule has 1 aromatic heterocycles. The van der Waals surface area contributed by atoms with Crippen LogP contribution in [-0.2, 0) is 4.79 Å². The molecule has 0 unspecified atom stereocenters. The van der Waals surface area contributed by atoms with E-state index in [4.69, 9.17) is 23.2 Å². The number of benzene rings is 2. The molecule has 0 aliphatic carbocycles. The molecule has 0 atom stereocenters. The van der Waals surface area contributed by atoms with E-state index in [-0.39, 0.29) is 5.91 Å². The summed E-state index contributed by atoms with van der Waals surface area (Å²) in [6, 6.07) is 20.7. The van der Waals surface area contributed by atoms with E-state index in [0.29, 0.717) is 31.5 Å². The SMILES string of the molecule is O=C1/C(=C/C(Cl)=C/c2ccccc2)SC(=Nc2ccncc2Cl)N1c1ccccc1. The lowest BCUT2D eigenvalue weighted by atomic mass is 10.2. The summed E-state index contributed by atoms with van der Waals surface area (Å²) in [4.78, 5) is 23.8. The molecule has 30 heavy (non-hydrogen) atoms. The summed E-state index contributed by atoms with van der Waals surface area (Å²) in [5.41, 5.74) is 2.20. The minimum atomic E-state index is -0.199. The number of halogens is 2. The number of nitrogens with zero attached hydrogens (tertiary/aromatic N) is 3. The Morgan fingerprint density at radius 2 is 1.73 bits per heavy atom. The maximum Gasteiger partial charge on any atom is 0.271 e. The van der Waals surface area contributed by atoms with Crippen molar-refractivity contribution in [2.75, 3.05) is 4.90 Å². The van der Waals surface area contributed by atoms with Gasteiger partial charge in [-0.3, -0.25) is 14.7 Å². The zero-order valence-electron chi connectivity index (χ0n) is 15.6. The monoisotopic (exact) mass is 451 g/mol. The largest absolute Gasteiger partial charge is 0.271 e. The summed E-state index contributed by atoms with van der Waals surface area (Å²) < 4.78 is 0. The van der Waals surface area contributed by atoms with Gasteiger partial charge >= 0.3 is 0 Å². The van der Waals surface area contributed by atoms with Gasteiger partial charge in [0.1, 0.15) is 0 Å². The molecule has 2 aromatic carbocycles. The molecule has 0 radical (unpaired) electrons. The van der Waals surface area contributed by atoms with Crippen LogP contribution in [-0.4, -0.2) is 16.1 Å². The van der Waals surface area contributed by atoms with Gasteiger partial charge < -0.3 is 0 Å². The number of rotatable bonds is 4. The number of allylic oxidation sites excluding steroid dienone is 2. The van der Waals surface area contributed by atoms with Crippen LogP contribution in [0.5, 0.6) is 0 Å². The predicted octanol–water partition coefficient (Wildman–Crippen LogP) is 6.67. The second-order valence-corrected chi connectivity index (χ2v) is 8.10. The maximum absolute atomic E-state index is 13.2. The van der Waals surface area contributed by atoms with Crippen LogP contribution in [0.15, 0.2) is 100 Å². The Hall–Kier alpha value is -2.86. The van der Waals surface area contributed by atoms with E-state index in [1.807, 2.05) is 66.7 Å². The zero-order valence-corrected chi connectivity index (χ0v) is 17.9. The van der Waals surface area contributed by atoms with Crippen LogP contribution in [0.3, 0.4) is 0 Å². The number of anilines is 1. The fraction of sp³-hybridized carbons (Fsp3) is 0. The molecule has 7 heteroatoms. The van der Waals surface area contributed by atoms with Crippen molar-refractivity contribution in [3.63, 3.8) is 0 Å². The Labute approximate surface area is 188 Å². The maximum atomic E-state index is 13.2. The van der Waals surface area contributed by atoms with Crippen molar-refractivity contribution in [2.45, 2.75) is 0 Å². The lowest BCUT2D eigenvalue weighted by Gasteiger charge is -2.15. The first-order chi connectivity index (χ1) is 14.6. The highest BCUT2D eigenvalue weighted by Crippen LogP contribution is 2.38. The second kappa shape index (κ2) is 9.30. The molecule has 3 aromatic rings. The first-order valence-electron chi connectivity index (χ1n) is 9.01. The van der Waals surface area contributed by atoms with E-state index in [9.17, 15) is 4.79 Å². The Kier molecular flexibility index (Phi) is 6.33. The lowest BCUT2D eigenvalue weighted by Crippen LogP contribution is -2.28. The minimum Gasteiger partial charge on any atom is -0.268 e. The highest BCUT2D eigenvalue weighted by atomic mass is 35.5. The molecular formula is C23H15Cl2N3OS. The Morgan fingerprint density at radius 3 is 2.43 bits per heavy atom. The van der Waals surface area contributed by atoms with Gasteiger partial charge in [-0.1, -0.05) is 71.7 Å². The van der Waals surface area contributed by atoms with E-state index in [1.165, 1.54) is 18.0 Å². The summed E-state index contributed by atoms with van der Waals surface area (Å²) >= 11 is 13.9. The van der Waals surface area contributed by atoms with Gasteiger partial charge in [0.2, 0.25) is 0 Å². The van der Waals surface area contributed by atoms with Gasteiger partial charge in [0.05, 0.1) is 21.3 Å². The van der Waals surface area contributed by atoms with Crippen LogP contribution >= 0.6 is 35.0 Å². The number of thioether (sulfide) groups is 1. The first kappa shape index (κ1) is 20.4. The van der Waals surface area contributed by atoms with Crippen molar-refractivity contribution >= 4 is 63.5 Å². The van der Waals surface area contributed by atoms with Gasteiger partial charge in [-0.15, -0.1) is 0 Å². The number of amidine groups is 1. The van der Waals surface area contributed by atoms with Crippen LogP contribution < -0.4 is 4.90 Å². The smallest absolute Gasteiger partial charge is 0.268 e. The Morgan fingerprint density at radius 1 is 1.03 bits per heavy atom. The van der Waals surface area contributed by atoms with Gasteiger partial charge in [-0.05, 0) is 47.7 Å². The number of carbonyl (C=O) groups is 1. The molecule has 4 nitrogen and oxygen atoms in total. The fourth-order valence-corrected chi connectivity index (χ4v) is 4.24. The average Bonchev–Trinajstić information content (AvgIpc) is 3.05. The molecule has 0 spiro atoms. The molecule has 4 rings (SSSR count). The van der Waals surface area contributed by atoms with Crippen molar-refractivity contribution in [2.24, 2.45) is 4.99 Å². The van der Waals surface area contributed by atoms with Crippen molar-refractivity contribution in [3.05, 3.63) is 106 Å². The van der Waals surface area contributed by atoms with Crippen LogP contribution in [0.1, 0.15) is 5.56 Å². The van der Waals surface area contributed by atoms with E-state index in [2.05, 4.69) is 9.98 Å². The number of amides is 1. The van der Waals surface area contributed by atoms with Crippen LogP contribution in [0.25, 0.3) is 6.08 Å². The quantitative estimate of drug-likeness (QED) is 0.416. The molecule has 2 heterocycles. The number of hydrogen-bond donors (Lipinski definition) is 0. The van der Waals surface area contributed by atoms with E-state index < -0.39 is 0 Å². The summed E-state index contributed by atoms with van der Waals surface area (Å²) in [5.74, 6) is -0.199. The van der Waals surface area contributed by atoms with Gasteiger partial charge in [0.25, 0.3) is 5.91 Å². The third-order valence-electron chi connectivity index (χ3n) is 4.16. The summed E-state index contributed by atoms with van der Waals surface area (Å²) in [5, 5.41) is 1.36. The molecule has 0 saturated carbocycles. The standard InChI is InChI=1S/C23H15Cl2N3OS/c24-17(13-16-7-3-1-4-8-16)14-21-22(29)28(18-9-5-2-6-10-18)23(30-21)27-20-11-12-26-15-19(20)25/h1-15H/b17-13-,21-14-,27-23?. The highest BCUT2D eigenvalue weighted by Gasteiger charge is 2.34. The molecule has 0 bridgehead atoms. The van der Waals surface area contributed by atoms with Crippen LogP contribution in [0, 0.1) is 0 Å². The van der Waals surface area contributed by atoms with E-state index >= 15 is 0 Å². The van der Waals surface area contributed by atoms with Crippen molar-refractivity contribution in [1.29, 1.82) is 0 Å². The fourth-order valence-electron chi connectivity index (χ4n) is 2.79. The lowest BCUT2D eigenvalue weighted by molar-refractivity contribution is -0.113. The topological polar surface area (TPSA) is 45.6 Å². The first-order valence-corrected chi connectivity index (χ1v) is 10.6. The number of para-hydroxylation sites is 1. The third-order valence-corrected chi connectivity index (χ3v) is 5.64. The van der Waals surface area contributed by atoms with Crippen LogP contribution in [0.2, 0.25) is 5.02 Å². The Bertz CT molecular complexity index is 1160. The van der Waals surface area contributed by atoms with E-state index in [0.717, 1.165) is 5.56 Å². The summed E-state index contributed by atoms with van der Waals surface area (Å²) in [7, 11) is 0. The molecule has 148 valence electrons. The molecule has 1 saturated heterocycles. The number of aromatic nitrogens is 1. The molecule has 1 fully saturated rings. The molecule has 1 aliphatic heterocycles. The predicted molar refractivity (Wildman–Crippen MR) is 126 cm³/mol. The third kappa shape index (κ3) is 4.65. The van der Waals surface area contributed by atoms with Gasteiger partial charge in [0.15, 0.2) is 5.17 Å². The van der Waals surface area contributed by atoms with Crippen LogP contribution in [0.4, 0.5) is 11.4 Å². The molecular weight excluding hydrogens is 437 g/mol. The van der Waals surface area contributed by atoms with Gasteiger partial charge in [-0.2, -0.15) is 0 Å².